The molecule has 0 aliphatic carbocycles. The molecule has 0 saturated heterocycles. The van der Waals surface area contributed by atoms with Crippen molar-refractivity contribution < 1.29 is 21.6 Å². The number of hydrogen-bond acceptors (Lipinski definition) is 6. The highest BCUT2D eigenvalue weighted by atomic mass is 32.2. The molecule has 0 fully saturated rings. The van der Waals surface area contributed by atoms with E-state index in [4.69, 9.17) is 0 Å². The summed E-state index contributed by atoms with van der Waals surface area (Å²) in [6.07, 6.45) is -1.66. The van der Waals surface area contributed by atoms with Gasteiger partial charge in [-0.05, 0) is 65.2 Å². The smallest absolute Gasteiger partial charge is 0.373 e. The van der Waals surface area contributed by atoms with Crippen molar-refractivity contribution >= 4 is 26.7 Å². The van der Waals surface area contributed by atoms with Crippen molar-refractivity contribution in [3.8, 4) is 11.1 Å². The third-order valence-corrected chi connectivity index (χ3v) is 8.14. The lowest BCUT2D eigenvalue weighted by atomic mass is 10.0. The highest BCUT2D eigenvalue weighted by Gasteiger charge is 2.33. The molecule has 0 unspecified atom stereocenters. The topological polar surface area (TPSA) is 88.1 Å². The Hall–Kier alpha value is -4.35. The fraction of sp³-hybridized carbons (Fsp3) is 0.138. The van der Waals surface area contributed by atoms with E-state index in [-0.39, 0.29) is 13.1 Å². The van der Waals surface area contributed by atoms with Crippen LogP contribution in [0.3, 0.4) is 0 Å². The molecule has 2 aromatic heterocycles. The molecular formula is C29H24F3N5O2S. The Morgan fingerprint density at radius 2 is 1.62 bits per heavy atom. The molecule has 3 aromatic carbocycles. The van der Waals surface area contributed by atoms with Gasteiger partial charge in [-0.2, -0.15) is 17.5 Å². The van der Waals surface area contributed by atoms with E-state index in [1.807, 2.05) is 36.4 Å². The van der Waals surface area contributed by atoms with E-state index in [2.05, 4.69) is 20.3 Å². The third-order valence-electron chi connectivity index (χ3n) is 6.36. The zero-order chi connectivity index (χ0) is 28.3. The molecule has 1 N–H and O–H groups in total. The monoisotopic (exact) mass is 563 g/mol. The van der Waals surface area contributed by atoms with Crippen LogP contribution in [0.2, 0.25) is 0 Å². The van der Waals surface area contributed by atoms with Crippen LogP contribution >= 0.6 is 0 Å². The highest BCUT2D eigenvalue weighted by molar-refractivity contribution is 7.89. The Bertz CT molecular complexity index is 1760. The van der Waals surface area contributed by atoms with Crippen LogP contribution in [0.25, 0.3) is 22.0 Å². The van der Waals surface area contributed by atoms with Crippen LogP contribution in [-0.4, -0.2) is 34.7 Å². The maximum atomic E-state index is 13.7. The van der Waals surface area contributed by atoms with Gasteiger partial charge in [-0.1, -0.05) is 36.4 Å². The summed E-state index contributed by atoms with van der Waals surface area (Å²) in [7, 11) is -2.55. The van der Waals surface area contributed by atoms with E-state index >= 15 is 0 Å². The summed E-state index contributed by atoms with van der Waals surface area (Å²) >= 11 is 0. The van der Waals surface area contributed by atoms with Crippen molar-refractivity contribution in [2.75, 3.05) is 12.4 Å². The van der Waals surface area contributed by atoms with Gasteiger partial charge in [0.25, 0.3) is 0 Å². The van der Waals surface area contributed by atoms with Gasteiger partial charge < -0.3 is 5.32 Å². The third kappa shape index (κ3) is 5.80. The number of sulfonamides is 1. The Labute approximate surface area is 229 Å². The summed E-state index contributed by atoms with van der Waals surface area (Å²) in [5.41, 5.74) is 2.56. The van der Waals surface area contributed by atoms with Crippen molar-refractivity contribution in [1.82, 2.24) is 19.3 Å². The second-order valence-corrected chi connectivity index (χ2v) is 11.0. The van der Waals surface area contributed by atoms with E-state index in [1.54, 1.807) is 31.3 Å². The Morgan fingerprint density at radius 1 is 0.825 bits per heavy atom. The van der Waals surface area contributed by atoms with E-state index in [1.165, 1.54) is 18.6 Å². The van der Waals surface area contributed by atoms with Gasteiger partial charge in [0.1, 0.15) is 12.1 Å². The van der Waals surface area contributed by atoms with Gasteiger partial charge in [0, 0.05) is 25.2 Å². The van der Waals surface area contributed by atoms with Crippen molar-refractivity contribution in [2.45, 2.75) is 24.2 Å². The molecule has 204 valence electrons. The molecule has 0 spiro atoms. The summed E-state index contributed by atoms with van der Waals surface area (Å²) < 4.78 is 68.7. The SMILES string of the molecule is CNc1ncnc2ccc(-c3cccc(CN(Cc4ccccn4)S(=O)(=O)c4cccc(C(F)(F)F)c4)c3)cc12. The number of fused-ring (bicyclic) bond motifs is 1. The molecule has 5 rings (SSSR count). The minimum Gasteiger partial charge on any atom is -0.373 e. The van der Waals surface area contributed by atoms with Crippen molar-refractivity contribution in [3.05, 3.63) is 114 Å². The molecule has 0 bridgehead atoms. The van der Waals surface area contributed by atoms with Crippen LogP contribution < -0.4 is 5.32 Å². The normalized spacial score (nSPS) is 12.1. The maximum Gasteiger partial charge on any atom is 0.416 e. The molecule has 2 heterocycles. The number of anilines is 1. The lowest BCUT2D eigenvalue weighted by molar-refractivity contribution is -0.137. The fourth-order valence-corrected chi connectivity index (χ4v) is 5.81. The first-order valence-electron chi connectivity index (χ1n) is 12.2. The first-order valence-corrected chi connectivity index (χ1v) is 13.7. The quantitative estimate of drug-likeness (QED) is 0.244. The first kappa shape index (κ1) is 27.2. The number of halogens is 3. The molecule has 0 aliphatic heterocycles. The van der Waals surface area contributed by atoms with Crippen LogP contribution in [0.5, 0.6) is 0 Å². The molecule has 0 aliphatic rings. The largest absolute Gasteiger partial charge is 0.416 e. The van der Waals surface area contributed by atoms with Gasteiger partial charge in [-0.25, -0.2) is 18.4 Å². The highest BCUT2D eigenvalue weighted by Crippen LogP contribution is 2.32. The molecule has 0 saturated carbocycles. The minimum absolute atomic E-state index is 0.0819. The lowest BCUT2D eigenvalue weighted by Crippen LogP contribution is -2.31. The summed E-state index contributed by atoms with van der Waals surface area (Å²) in [4.78, 5) is 12.3. The predicted octanol–water partition coefficient (Wildman–Crippen LogP) is 6.14. The summed E-state index contributed by atoms with van der Waals surface area (Å²) in [6, 6.07) is 22.0. The number of rotatable bonds is 8. The van der Waals surface area contributed by atoms with Gasteiger partial charge in [-0.15, -0.1) is 0 Å². The number of nitrogens with zero attached hydrogens (tertiary/aromatic N) is 4. The number of pyridine rings is 1. The van der Waals surface area contributed by atoms with Gasteiger partial charge in [0.05, 0.1) is 28.2 Å². The second-order valence-electron chi connectivity index (χ2n) is 9.02. The van der Waals surface area contributed by atoms with E-state index in [9.17, 15) is 21.6 Å². The van der Waals surface area contributed by atoms with Crippen LogP contribution in [0.4, 0.5) is 19.0 Å². The molecule has 5 aromatic rings. The predicted molar refractivity (Wildman–Crippen MR) is 147 cm³/mol. The summed E-state index contributed by atoms with van der Waals surface area (Å²) in [5, 5.41) is 3.88. The van der Waals surface area contributed by atoms with Crippen LogP contribution in [-0.2, 0) is 29.3 Å². The van der Waals surface area contributed by atoms with Crippen LogP contribution in [0.15, 0.2) is 102 Å². The Balaban J connectivity index is 1.52. The molecule has 0 atom stereocenters. The van der Waals surface area contributed by atoms with Gasteiger partial charge in [0.2, 0.25) is 10.0 Å². The van der Waals surface area contributed by atoms with Gasteiger partial charge in [-0.3, -0.25) is 4.98 Å². The molecule has 11 heteroatoms. The van der Waals surface area contributed by atoms with Crippen molar-refractivity contribution in [2.24, 2.45) is 0 Å². The zero-order valence-corrected chi connectivity index (χ0v) is 22.1. The number of nitrogens with one attached hydrogen (secondary N) is 1. The molecular weight excluding hydrogens is 539 g/mol. The lowest BCUT2D eigenvalue weighted by Gasteiger charge is -2.23. The maximum absolute atomic E-state index is 13.7. The standard InChI is InChI=1S/C29H24F3N5O2S/c1-33-28-26-15-22(11-12-27(26)35-19-36-28)21-7-4-6-20(14-21)17-37(18-24-9-2-3-13-34-24)40(38,39)25-10-5-8-23(16-25)29(30,31)32/h2-16,19H,17-18H2,1H3,(H,33,35,36). The van der Waals surface area contributed by atoms with Gasteiger partial charge in [0.15, 0.2) is 0 Å². The number of alkyl halides is 3. The molecule has 7 nitrogen and oxygen atoms in total. The number of aromatic nitrogens is 3. The number of benzene rings is 3. The summed E-state index contributed by atoms with van der Waals surface area (Å²) in [6.45, 7) is -0.204. The zero-order valence-electron chi connectivity index (χ0n) is 21.3. The van der Waals surface area contributed by atoms with Gasteiger partial charge >= 0.3 is 6.18 Å². The van der Waals surface area contributed by atoms with E-state index in [0.717, 1.165) is 38.5 Å². The summed E-state index contributed by atoms with van der Waals surface area (Å²) in [5.74, 6) is 0.678. The average molecular weight is 564 g/mol. The minimum atomic E-state index is -4.68. The van der Waals surface area contributed by atoms with E-state index < -0.39 is 26.7 Å². The molecule has 0 amide bonds. The van der Waals surface area contributed by atoms with Crippen molar-refractivity contribution in [3.63, 3.8) is 0 Å². The Kier molecular flexibility index (Phi) is 7.51. The van der Waals surface area contributed by atoms with E-state index in [0.29, 0.717) is 23.1 Å². The fourth-order valence-electron chi connectivity index (χ4n) is 4.37. The molecule has 40 heavy (non-hydrogen) atoms. The van der Waals surface area contributed by atoms with Crippen molar-refractivity contribution in [1.29, 1.82) is 0 Å². The second kappa shape index (κ2) is 11.0. The van der Waals surface area contributed by atoms with Crippen LogP contribution in [0, 0.1) is 0 Å². The van der Waals surface area contributed by atoms with Crippen LogP contribution in [0.1, 0.15) is 16.8 Å². The number of hydrogen-bond donors (Lipinski definition) is 1. The molecule has 0 radical (unpaired) electrons. The average Bonchev–Trinajstić information content (AvgIpc) is 2.96. The first-order chi connectivity index (χ1) is 19.1. The Morgan fingerprint density at radius 3 is 2.38 bits per heavy atom.